The molecular weight excluding hydrogens is 194 g/mol. The summed E-state index contributed by atoms with van der Waals surface area (Å²) < 4.78 is 0. The summed E-state index contributed by atoms with van der Waals surface area (Å²) >= 11 is 2.01. The molecule has 4 heteroatoms. The van der Waals surface area contributed by atoms with E-state index in [1.165, 1.54) is 11.5 Å². The lowest BCUT2D eigenvalue weighted by Gasteiger charge is -2.28. The van der Waals surface area contributed by atoms with Crippen molar-refractivity contribution in [2.24, 2.45) is 5.73 Å². The standard InChI is InChI=1S/C10H15N3S/c11-8-9-2-1-3-12-10(9)13-4-6-14-7-5-13/h1-3H,4-8,11H2. The molecule has 1 aromatic rings. The first-order chi connectivity index (χ1) is 6.92. The number of hydrogen-bond acceptors (Lipinski definition) is 4. The Bertz CT molecular complexity index is 297. The van der Waals surface area contributed by atoms with Crippen LogP contribution in [0.5, 0.6) is 0 Å². The fraction of sp³-hybridized carbons (Fsp3) is 0.500. The Morgan fingerprint density at radius 3 is 2.93 bits per heavy atom. The van der Waals surface area contributed by atoms with Gasteiger partial charge in [-0.25, -0.2) is 4.98 Å². The van der Waals surface area contributed by atoms with Crippen molar-refractivity contribution in [2.75, 3.05) is 29.5 Å². The Morgan fingerprint density at radius 1 is 1.43 bits per heavy atom. The van der Waals surface area contributed by atoms with E-state index in [-0.39, 0.29) is 0 Å². The zero-order chi connectivity index (χ0) is 9.80. The zero-order valence-corrected chi connectivity index (χ0v) is 8.96. The summed E-state index contributed by atoms with van der Waals surface area (Å²) in [7, 11) is 0. The largest absolute Gasteiger partial charge is 0.355 e. The first-order valence-corrected chi connectivity index (χ1v) is 6.04. The summed E-state index contributed by atoms with van der Waals surface area (Å²) in [5, 5.41) is 0. The summed E-state index contributed by atoms with van der Waals surface area (Å²) in [6.07, 6.45) is 1.84. The van der Waals surface area contributed by atoms with Crippen LogP contribution < -0.4 is 10.6 Å². The van der Waals surface area contributed by atoms with Crippen molar-refractivity contribution in [3.63, 3.8) is 0 Å². The van der Waals surface area contributed by atoms with E-state index < -0.39 is 0 Å². The normalized spacial score (nSPS) is 17.1. The van der Waals surface area contributed by atoms with E-state index in [4.69, 9.17) is 5.73 Å². The van der Waals surface area contributed by atoms with Gasteiger partial charge in [0, 0.05) is 42.9 Å². The molecule has 76 valence electrons. The van der Waals surface area contributed by atoms with Crippen molar-refractivity contribution >= 4 is 17.6 Å². The van der Waals surface area contributed by atoms with Crippen molar-refractivity contribution in [3.8, 4) is 0 Å². The van der Waals surface area contributed by atoms with E-state index in [1.54, 1.807) is 0 Å². The highest BCUT2D eigenvalue weighted by Crippen LogP contribution is 2.20. The minimum atomic E-state index is 0.576. The van der Waals surface area contributed by atoms with Crippen molar-refractivity contribution in [1.82, 2.24) is 4.98 Å². The summed E-state index contributed by atoms with van der Waals surface area (Å²) in [6, 6.07) is 4.01. The van der Waals surface area contributed by atoms with Crippen LogP contribution in [-0.2, 0) is 6.54 Å². The van der Waals surface area contributed by atoms with Crippen LogP contribution in [0.15, 0.2) is 18.3 Å². The Morgan fingerprint density at radius 2 is 2.21 bits per heavy atom. The van der Waals surface area contributed by atoms with Gasteiger partial charge in [-0.3, -0.25) is 0 Å². The number of nitrogens with zero attached hydrogens (tertiary/aromatic N) is 2. The molecule has 0 aromatic carbocycles. The van der Waals surface area contributed by atoms with Crippen LogP contribution in [0.1, 0.15) is 5.56 Å². The van der Waals surface area contributed by atoms with Gasteiger partial charge >= 0.3 is 0 Å². The molecule has 0 saturated carbocycles. The van der Waals surface area contributed by atoms with Crippen molar-refractivity contribution in [1.29, 1.82) is 0 Å². The number of pyridine rings is 1. The van der Waals surface area contributed by atoms with Gasteiger partial charge in [-0.15, -0.1) is 0 Å². The third-order valence-electron chi connectivity index (χ3n) is 2.40. The van der Waals surface area contributed by atoms with Gasteiger partial charge in [0.15, 0.2) is 0 Å². The molecule has 2 N–H and O–H groups in total. The molecule has 1 aromatic heterocycles. The molecule has 0 aliphatic carbocycles. The van der Waals surface area contributed by atoms with Crippen LogP contribution in [0.4, 0.5) is 5.82 Å². The number of hydrogen-bond donors (Lipinski definition) is 1. The number of rotatable bonds is 2. The van der Waals surface area contributed by atoms with E-state index in [1.807, 2.05) is 24.0 Å². The molecule has 1 aliphatic heterocycles. The Kier molecular flexibility index (Phi) is 3.26. The van der Waals surface area contributed by atoms with Crippen molar-refractivity contribution < 1.29 is 0 Å². The third kappa shape index (κ3) is 2.01. The predicted octanol–water partition coefficient (Wildman–Crippen LogP) is 1.09. The maximum absolute atomic E-state index is 5.69. The lowest BCUT2D eigenvalue weighted by atomic mass is 10.2. The van der Waals surface area contributed by atoms with Crippen molar-refractivity contribution in [2.45, 2.75) is 6.54 Å². The maximum atomic E-state index is 5.69. The van der Waals surface area contributed by atoms with Gasteiger partial charge < -0.3 is 10.6 Å². The molecule has 1 saturated heterocycles. The average Bonchev–Trinajstić information content (AvgIpc) is 2.30. The summed E-state index contributed by atoms with van der Waals surface area (Å²) in [5.41, 5.74) is 6.84. The first kappa shape index (κ1) is 9.80. The smallest absolute Gasteiger partial charge is 0.133 e. The molecule has 3 nitrogen and oxygen atoms in total. The molecule has 0 spiro atoms. The van der Waals surface area contributed by atoms with Crippen LogP contribution in [-0.4, -0.2) is 29.6 Å². The molecule has 0 atom stereocenters. The topological polar surface area (TPSA) is 42.1 Å². The molecule has 2 heterocycles. The lowest BCUT2D eigenvalue weighted by Crippen LogP contribution is -2.34. The number of aromatic nitrogens is 1. The summed E-state index contributed by atoms with van der Waals surface area (Å²) in [6.45, 7) is 2.76. The Hall–Kier alpha value is -0.740. The fourth-order valence-corrected chi connectivity index (χ4v) is 2.55. The molecule has 1 fully saturated rings. The third-order valence-corrected chi connectivity index (χ3v) is 3.34. The van der Waals surface area contributed by atoms with E-state index >= 15 is 0 Å². The van der Waals surface area contributed by atoms with E-state index in [9.17, 15) is 0 Å². The highest BCUT2D eigenvalue weighted by Gasteiger charge is 2.14. The molecule has 0 radical (unpaired) electrons. The molecule has 0 bridgehead atoms. The van der Waals surface area contributed by atoms with E-state index in [0.717, 1.165) is 24.5 Å². The number of thioether (sulfide) groups is 1. The van der Waals surface area contributed by atoms with Gasteiger partial charge in [-0.05, 0) is 6.07 Å². The van der Waals surface area contributed by atoms with Crippen molar-refractivity contribution in [3.05, 3.63) is 23.9 Å². The van der Waals surface area contributed by atoms with E-state index in [0.29, 0.717) is 6.54 Å². The second kappa shape index (κ2) is 4.66. The fourth-order valence-electron chi connectivity index (χ4n) is 1.65. The van der Waals surface area contributed by atoms with Gasteiger partial charge in [0.2, 0.25) is 0 Å². The van der Waals surface area contributed by atoms with Crippen LogP contribution >= 0.6 is 11.8 Å². The second-order valence-corrected chi connectivity index (χ2v) is 4.51. The number of nitrogens with two attached hydrogens (primary N) is 1. The monoisotopic (exact) mass is 209 g/mol. The molecule has 1 aliphatic rings. The average molecular weight is 209 g/mol. The molecular formula is C10H15N3S. The molecule has 2 rings (SSSR count). The minimum absolute atomic E-state index is 0.576. The second-order valence-electron chi connectivity index (χ2n) is 3.29. The number of anilines is 1. The maximum Gasteiger partial charge on any atom is 0.133 e. The first-order valence-electron chi connectivity index (χ1n) is 4.88. The van der Waals surface area contributed by atoms with Gasteiger partial charge in [0.25, 0.3) is 0 Å². The quantitative estimate of drug-likeness (QED) is 0.792. The molecule has 14 heavy (non-hydrogen) atoms. The van der Waals surface area contributed by atoms with E-state index in [2.05, 4.69) is 16.0 Å². The zero-order valence-electron chi connectivity index (χ0n) is 8.15. The summed E-state index contributed by atoms with van der Waals surface area (Å²) in [5.74, 6) is 3.47. The van der Waals surface area contributed by atoms with Gasteiger partial charge in [-0.2, -0.15) is 11.8 Å². The highest BCUT2D eigenvalue weighted by molar-refractivity contribution is 7.99. The van der Waals surface area contributed by atoms with Crippen LogP contribution in [0.2, 0.25) is 0 Å². The van der Waals surface area contributed by atoms with Crippen LogP contribution in [0.3, 0.4) is 0 Å². The lowest BCUT2D eigenvalue weighted by molar-refractivity contribution is 0.825. The molecule has 0 amide bonds. The Labute approximate surface area is 88.7 Å². The minimum Gasteiger partial charge on any atom is -0.355 e. The Balaban J connectivity index is 2.20. The predicted molar refractivity (Wildman–Crippen MR) is 61.7 cm³/mol. The van der Waals surface area contributed by atoms with Crippen LogP contribution in [0, 0.1) is 0 Å². The summed E-state index contributed by atoms with van der Waals surface area (Å²) in [4.78, 5) is 6.74. The molecule has 0 unspecified atom stereocenters. The SMILES string of the molecule is NCc1cccnc1N1CCSCC1. The van der Waals surface area contributed by atoms with Crippen LogP contribution in [0.25, 0.3) is 0 Å². The van der Waals surface area contributed by atoms with Gasteiger partial charge in [-0.1, -0.05) is 6.07 Å². The van der Waals surface area contributed by atoms with Gasteiger partial charge in [0.1, 0.15) is 5.82 Å². The highest BCUT2D eigenvalue weighted by atomic mass is 32.2. The van der Waals surface area contributed by atoms with Gasteiger partial charge in [0.05, 0.1) is 0 Å².